The Morgan fingerprint density at radius 3 is 2.41 bits per heavy atom. The van der Waals surface area contributed by atoms with Crippen LogP contribution in [0, 0.1) is 5.92 Å². The molecule has 0 aliphatic heterocycles. The van der Waals surface area contributed by atoms with Crippen molar-refractivity contribution in [2.24, 2.45) is 11.7 Å². The van der Waals surface area contributed by atoms with E-state index in [1.54, 1.807) is 0 Å². The first-order chi connectivity index (χ1) is 7.97. The van der Waals surface area contributed by atoms with Crippen LogP contribution in [0.4, 0.5) is 0 Å². The van der Waals surface area contributed by atoms with E-state index in [1.807, 2.05) is 25.7 Å². The Kier molecular flexibility index (Phi) is 4.93. The molecule has 0 aromatic rings. The zero-order valence-electron chi connectivity index (χ0n) is 10.9. The number of amides is 2. The molecule has 98 valence electrons. The standard InChI is InChI=1S/C12H23N3O2/c1-4-15(9-5-6-9)10(16)7-14-12(17)11(13)8(2)3/h8-9,11H,4-7,13H2,1-3H3,(H,14,17)/t11-/m0/s1. The van der Waals surface area contributed by atoms with E-state index in [-0.39, 0.29) is 24.3 Å². The van der Waals surface area contributed by atoms with Gasteiger partial charge in [-0.3, -0.25) is 9.59 Å². The van der Waals surface area contributed by atoms with Gasteiger partial charge in [-0.1, -0.05) is 13.8 Å². The summed E-state index contributed by atoms with van der Waals surface area (Å²) in [6.45, 7) is 6.49. The minimum Gasteiger partial charge on any atom is -0.346 e. The van der Waals surface area contributed by atoms with Crippen molar-refractivity contribution in [3.8, 4) is 0 Å². The Morgan fingerprint density at radius 1 is 1.41 bits per heavy atom. The second kappa shape index (κ2) is 6.00. The third kappa shape index (κ3) is 4.00. The van der Waals surface area contributed by atoms with Crippen molar-refractivity contribution in [2.75, 3.05) is 13.1 Å². The van der Waals surface area contributed by atoms with Gasteiger partial charge in [0.05, 0.1) is 12.6 Å². The molecular formula is C12H23N3O2. The van der Waals surface area contributed by atoms with Gasteiger partial charge in [-0.05, 0) is 25.7 Å². The van der Waals surface area contributed by atoms with Gasteiger partial charge in [0.25, 0.3) is 0 Å². The molecule has 1 saturated carbocycles. The fraction of sp³-hybridized carbons (Fsp3) is 0.833. The Balaban J connectivity index is 2.34. The number of rotatable bonds is 6. The van der Waals surface area contributed by atoms with Gasteiger partial charge < -0.3 is 16.0 Å². The number of carbonyl (C=O) groups is 2. The third-order valence-corrected chi connectivity index (χ3v) is 3.08. The van der Waals surface area contributed by atoms with E-state index in [9.17, 15) is 9.59 Å². The average molecular weight is 241 g/mol. The molecule has 1 aliphatic carbocycles. The minimum absolute atomic E-state index is 0.0145. The van der Waals surface area contributed by atoms with Gasteiger partial charge in [-0.2, -0.15) is 0 Å². The van der Waals surface area contributed by atoms with Crippen molar-refractivity contribution in [3.05, 3.63) is 0 Å². The van der Waals surface area contributed by atoms with Crippen LogP contribution in [0.15, 0.2) is 0 Å². The van der Waals surface area contributed by atoms with Gasteiger partial charge >= 0.3 is 0 Å². The molecular weight excluding hydrogens is 218 g/mol. The van der Waals surface area contributed by atoms with Crippen molar-refractivity contribution in [3.63, 3.8) is 0 Å². The highest BCUT2D eigenvalue weighted by Gasteiger charge is 2.31. The van der Waals surface area contributed by atoms with Gasteiger partial charge in [-0.15, -0.1) is 0 Å². The lowest BCUT2D eigenvalue weighted by atomic mass is 10.1. The highest BCUT2D eigenvalue weighted by Crippen LogP contribution is 2.26. The van der Waals surface area contributed by atoms with Gasteiger partial charge in [-0.25, -0.2) is 0 Å². The molecule has 0 bridgehead atoms. The molecule has 1 atom stereocenters. The minimum atomic E-state index is -0.543. The Morgan fingerprint density at radius 2 is 2.00 bits per heavy atom. The molecule has 0 spiro atoms. The third-order valence-electron chi connectivity index (χ3n) is 3.08. The molecule has 2 amide bonds. The molecule has 17 heavy (non-hydrogen) atoms. The van der Waals surface area contributed by atoms with Crippen molar-refractivity contribution in [1.29, 1.82) is 0 Å². The number of carbonyl (C=O) groups excluding carboxylic acids is 2. The molecule has 1 rings (SSSR count). The maximum Gasteiger partial charge on any atom is 0.242 e. The number of nitrogens with one attached hydrogen (secondary N) is 1. The second-order valence-electron chi connectivity index (χ2n) is 4.90. The molecule has 0 unspecified atom stereocenters. The number of likely N-dealkylation sites (N-methyl/N-ethyl adjacent to an activating group) is 1. The Bertz CT molecular complexity index is 287. The molecule has 0 saturated heterocycles. The topological polar surface area (TPSA) is 75.4 Å². The molecule has 1 fully saturated rings. The first-order valence-electron chi connectivity index (χ1n) is 6.30. The summed E-state index contributed by atoms with van der Waals surface area (Å²) in [6.07, 6.45) is 2.16. The Labute approximate surface area is 103 Å². The van der Waals surface area contributed by atoms with Crippen LogP contribution in [-0.2, 0) is 9.59 Å². The summed E-state index contributed by atoms with van der Waals surface area (Å²) in [7, 11) is 0. The van der Waals surface area contributed by atoms with Gasteiger partial charge in [0.2, 0.25) is 11.8 Å². The predicted octanol–water partition coefficient (Wildman–Crippen LogP) is 0.0968. The zero-order valence-corrected chi connectivity index (χ0v) is 10.9. The van der Waals surface area contributed by atoms with E-state index in [2.05, 4.69) is 5.32 Å². The van der Waals surface area contributed by atoms with Gasteiger partial charge in [0.15, 0.2) is 0 Å². The van der Waals surface area contributed by atoms with Crippen molar-refractivity contribution < 1.29 is 9.59 Å². The zero-order chi connectivity index (χ0) is 13.0. The first kappa shape index (κ1) is 14.0. The molecule has 5 nitrogen and oxygen atoms in total. The van der Waals surface area contributed by atoms with Gasteiger partial charge in [0, 0.05) is 12.6 Å². The molecule has 0 aromatic heterocycles. The lowest BCUT2D eigenvalue weighted by Gasteiger charge is -2.21. The number of nitrogens with two attached hydrogens (primary N) is 1. The average Bonchev–Trinajstić information content (AvgIpc) is 3.10. The van der Waals surface area contributed by atoms with Crippen molar-refractivity contribution in [2.45, 2.75) is 45.7 Å². The van der Waals surface area contributed by atoms with Crippen molar-refractivity contribution in [1.82, 2.24) is 10.2 Å². The smallest absolute Gasteiger partial charge is 0.242 e. The van der Waals surface area contributed by atoms with Crippen LogP contribution in [0.3, 0.4) is 0 Å². The number of nitrogens with zero attached hydrogens (tertiary/aromatic N) is 1. The molecule has 0 heterocycles. The number of hydrogen-bond donors (Lipinski definition) is 2. The largest absolute Gasteiger partial charge is 0.346 e. The van der Waals surface area contributed by atoms with Crippen LogP contribution < -0.4 is 11.1 Å². The normalized spacial score (nSPS) is 16.8. The summed E-state index contributed by atoms with van der Waals surface area (Å²) >= 11 is 0. The van der Waals surface area contributed by atoms with Crippen LogP contribution in [-0.4, -0.2) is 41.9 Å². The van der Waals surface area contributed by atoms with Crippen LogP contribution >= 0.6 is 0 Å². The molecule has 3 N–H and O–H groups in total. The summed E-state index contributed by atoms with van der Waals surface area (Å²) in [5, 5.41) is 2.61. The second-order valence-corrected chi connectivity index (χ2v) is 4.90. The van der Waals surface area contributed by atoms with Crippen LogP contribution in [0.2, 0.25) is 0 Å². The van der Waals surface area contributed by atoms with E-state index in [1.165, 1.54) is 0 Å². The summed E-state index contributed by atoms with van der Waals surface area (Å²) in [5.74, 6) is -0.185. The summed E-state index contributed by atoms with van der Waals surface area (Å²) in [5.41, 5.74) is 5.69. The van der Waals surface area contributed by atoms with E-state index < -0.39 is 6.04 Å². The molecule has 0 radical (unpaired) electrons. The first-order valence-corrected chi connectivity index (χ1v) is 6.30. The maximum atomic E-state index is 11.8. The van der Waals surface area contributed by atoms with E-state index in [0.29, 0.717) is 12.6 Å². The monoisotopic (exact) mass is 241 g/mol. The quantitative estimate of drug-likeness (QED) is 0.692. The molecule has 0 aromatic carbocycles. The van der Waals surface area contributed by atoms with E-state index in [4.69, 9.17) is 5.73 Å². The lowest BCUT2D eigenvalue weighted by molar-refractivity contribution is -0.133. The Hall–Kier alpha value is -1.10. The number of hydrogen-bond acceptors (Lipinski definition) is 3. The summed E-state index contributed by atoms with van der Waals surface area (Å²) in [4.78, 5) is 25.2. The van der Waals surface area contributed by atoms with Crippen molar-refractivity contribution >= 4 is 11.8 Å². The van der Waals surface area contributed by atoms with E-state index >= 15 is 0 Å². The lowest BCUT2D eigenvalue weighted by Crippen LogP contribution is -2.48. The van der Waals surface area contributed by atoms with E-state index in [0.717, 1.165) is 12.8 Å². The highest BCUT2D eigenvalue weighted by molar-refractivity contribution is 5.87. The molecule has 1 aliphatic rings. The van der Waals surface area contributed by atoms with Gasteiger partial charge in [0.1, 0.15) is 0 Å². The summed E-state index contributed by atoms with van der Waals surface area (Å²) in [6, 6.07) is -0.151. The molecule has 5 heteroatoms. The summed E-state index contributed by atoms with van der Waals surface area (Å²) < 4.78 is 0. The predicted molar refractivity (Wildman–Crippen MR) is 66.2 cm³/mol. The van der Waals surface area contributed by atoms with Crippen LogP contribution in [0.25, 0.3) is 0 Å². The SMILES string of the molecule is CCN(C(=O)CNC(=O)[C@@H](N)C(C)C)C1CC1. The fourth-order valence-corrected chi connectivity index (χ4v) is 1.71. The fourth-order valence-electron chi connectivity index (χ4n) is 1.71. The van der Waals surface area contributed by atoms with Crippen LogP contribution in [0.5, 0.6) is 0 Å². The maximum absolute atomic E-state index is 11.8. The highest BCUT2D eigenvalue weighted by atomic mass is 16.2. The van der Waals surface area contributed by atoms with Crippen LogP contribution in [0.1, 0.15) is 33.6 Å².